The Kier molecular flexibility index (Phi) is 3.30. The van der Waals surface area contributed by atoms with E-state index >= 15 is 0 Å². The Morgan fingerprint density at radius 3 is 2.30 bits per heavy atom. The maximum Gasteiger partial charge on any atom is 0.0723 e. The second-order valence-corrected chi connectivity index (χ2v) is 4.80. The van der Waals surface area contributed by atoms with E-state index in [1.54, 1.807) is 0 Å². The summed E-state index contributed by atoms with van der Waals surface area (Å²) in [5.74, 6) is 0. The molecule has 100 valence electrons. The highest BCUT2D eigenvalue weighted by molar-refractivity contribution is 6.01. The average molecular weight is 262 g/mol. The van der Waals surface area contributed by atoms with Crippen LogP contribution in [0.2, 0.25) is 0 Å². The van der Waals surface area contributed by atoms with Crippen LogP contribution in [0.1, 0.15) is 6.92 Å². The van der Waals surface area contributed by atoms with Crippen LogP contribution in [-0.2, 0) is 0 Å². The molecule has 0 aliphatic heterocycles. The van der Waals surface area contributed by atoms with Crippen molar-refractivity contribution < 1.29 is 0 Å². The van der Waals surface area contributed by atoms with E-state index in [9.17, 15) is 0 Å². The zero-order chi connectivity index (χ0) is 13.9. The molecule has 0 aromatic heterocycles. The van der Waals surface area contributed by atoms with Gasteiger partial charge in [-0.1, -0.05) is 48.5 Å². The molecule has 2 nitrogen and oxygen atoms in total. The van der Waals surface area contributed by atoms with Crippen molar-refractivity contribution in [3.05, 3.63) is 66.7 Å². The van der Waals surface area contributed by atoms with Crippen LogP contribution >= 0.6 is 0 Å². The van der Waals surface area contributed by atoms with Gasteiger partial charge < -0.3 is 10.6 Å². The number of nitrogen functional groups attached to an aromatic ring is 1. The van der Waals surface area contributed by atoms with Gasteiger partial charge in [-0.2, -0.15) is 0 Å². The fraction of sp³-hybridized carbons (Fsp3) is 0.111. The summed E-state index contributed by atoms with van der Waals surface area (Å²) >= 11 is 0. The molecule has 2 heteroatoms. The molecule has 0 heterocycles. The van der Waals surface area contributed by atoms with Gasteiger partial charge in [0, 0.05) is 17.6 Å². The Hall–Kier alpha value is -2.48. The van der Waals surface area contributed by atoms with Crippen molar-refractivity contribution in [1.29, 1.82) is 0 Å². The molecular weight excluding hydrogens is 244 g/mol. The summed E-state index contributed by atoms with van der Waals surface area (Å²) in [5.41, 5.74) is 9.33. The minimum absolute atomic E-state index is 0.814. The van der Waals surface area contributed by atoms with E-state index in [-0.39, 0.29) is 0 Å². The standard InChI is InChI=1S/C18H18N2/c1-2-20(15-9-4-3-5-10-15)18-16-11-7-6-8-14(16)12-13-17(18)19/h3-13H,2,19H2,1H3. The Morgan fingerprint density at radius 1 is 0.850 bits per heavy atom. The Balaban J connectivity index is 2.24. The van der Waals surface area contributed by atoms with E-state index < -0.39 is 0 Å². The number of rotatable bonds is 3. The third-order valence-corrected chi connectivity index (χ3v) is 3.59. The number of hydrogen-bond donors (Lipinski definition) is 1. The van der Waals surface area contributed by atoms with Gasteiger partial charge in [0.15, 0.2) is 0 Å². The molecule has 0 saturated heterocycles. The first-order valence-electron chi connectivity index (χ1n) is 6.91. The first-order chi connectivity index (χ1) is 9.81. The fourth-order valence-electron chi connectivity index (χ4n) is 2.65. The number of hydrogen-bond acceptors (Lipinski definition) is 2. The molecule has 0 unspecified atom stereocenters. The fourth-order valence-corrected chi connectivity index (χ4v) is 2.65. The lowest BCUT2D eigenvalue weighted by Crippen LogP contribution is -2.17. The minimum Gasteiger partial charge on any atom is -0.397 e. The van der Waals surface area contributed by atoms with E-state index in [2.05, 4.69) is 66.4 Å². The molecule has 2 N–H and O–H groups in total. The van der Waals surface area contributed by atoms with Gasteiger partial charge in [0.05, 0.1) is 11.4 Å². The van der Waals surface area contributed by atoms with Crippen molar-refractivity contribution in [1.82, 2.24) is 0 Å². The summed E-state index contributed by atoms with van der Waals surface area (Å²) < 4.78 is 0. The highest BCUT2D eigenvalue weighted by atomic mass is 15.1. The molecule has 0 aliphatic rings. The first-order valence-corrected chi connectivity index (χ1v) is 6.91. The lowest BCUT2D eigenvalue weighted by molar-refractivity contribution is 1.03. The van der Waals surface area contributed by atoms with Crippen LogP contribution in [0.25, 0.3) is 10.8 Å². The van der Waals surface area contributed by atoms with Gasteiger partial charge in [0.2, 0.25) is 0 Å². The summed E-state index contributed by atoms with van der Waals surface area (Å²) in [6.45, 7) is 3.02. The highest BCUT2D eigenvalue weighted by Gasteiger charge is 2.13. The van der Waals surface area contributed by atoms with E-state index in [4.69, 9.17) is 5.73 Å². The second kappa shape index (κ2) is 5.25. The quantitative estimate of drug-likeness (QED) is 0.700. The van der Waals surface area contributed by atoms with Gasteiger partial charge in [-0.05, 0) is 30.5 Å². The zero-order valence-electron chi connectivity index (χ0n) is 11.6. The van der Waals surface area contributed by atoms with Gasteiger partial charge >= 0.3 is 0 Å². The summed E-state index contributed by atoms with van der Waals surface area (Å²) in [6, 6.07) is 22.8. The molecule has 0 radical (unpaired) electrons. The monoisotopic (exact) mass is 262 g/mol. The molecular formula is C18H18N2. The van der Waals surface area contributed by atoms with Crippen molar-refractivity contribution in [3.8, 4) is 0 Å². The molecule has 0 fully saturated rings. The zero-order valence-corrected chi connectivity index (χ0v) is 11.6. The summed E-state index contributed by atoms with van der Waals surface area (Å²) in [7, 11) is 0. The van der Waals surface area contributed by atoms with E-state index in [0.717, 1.165) is 23.6 Å². The lowest BCUT2D eigenvalue weighted by atomic mass is 10.1. The minimum atomic E-state index is 0.814. The van der Waals surface area contributed by atoms with Gasteiger partial charge in [-0.15, -0.1) is 0 Å². The Labute approximate surface area is 119 Å². The highest BCUT2D eigenvalue weighted by Crippen LogP contribution is 2.36. The number of nitrogens with two attached hydrogens (primary N) is 1. The summed E-state index contributed by atoms with van der Waals surface area (Å²) in [6.07, 6.45) is 0. The topological polar surface area (TPSA) is 29.3 Å². The molecule has 0 amide bonds. The van der Waals surface area contributed by atoms with Gasteiger partial charge in [0.1, 0.15) is 0 Å². The molecule has 0 spiro atoms. The molecule has 0 saturated carbocycles. The molecule has 0 atom stereocenters. The van der Waals surface area contributed by atoms with Crippen LogP contribution < -0.4 is 10.6 Å². The van der Waals surface area contributed by atoms with Gasteiger partial charge in [-0.3, -0.25) is 0 Å². The van der Waals surface area contributed by atoms with Crippen LogP contribution in [0.3, 0.4) is 0 Å². The van der Waals surface area contributed by atoms with E-state index in [1.807, 2.05) is 12.1 Å². The Bertz CT molecular complexity index is 720. The lowest BCUT2D eigenvalue weighted by Gasteiger charge is -2.26. The van der Waals surface area contributed by atoms with Crippen LogP contribution in [0.5, 0.6) is 0 Å². The smallest absolute Gasteiger partial charge is 0.0723 e. The molecule has 0 bridgehead atoms. The predicted octanol–water partition coefficient (Wildman–Crippen LogP) is 4.58. The summed E-state index contributed by atoms with van der Waals surface area (Å²) in [4.78, 5) is 2.26. The maximum absolute atomic E-state index is 6.26. The third-order valence-electron chi connectivity index (χ3n) is 3.59. The number of nitrogens with zero attached hydrogens (tertiary/aromatic N) is 1. The van der Waals surface area contributed by atoms with Crippen molar-refractivity contribution in [3.63, 3.8) is 0 Å². The van der Waals surface area contributed by atoms with Crippen molar-refractivity contribution >= 4 is 27.8 Å². The molecule has 20 heavy (non-hydrogen) atoms. The largest absolute Gasteiger partial charge is 0.397 e. The molecule has 3 aromatic rings. The van der Waals surface area contributed by atoms with Gasteiger partial charge in [-0.25, -0.2) is 0 Å². The van der Waals surface area contributed by atoms with E-state index in [0.29, 0.717) is 0 Å². The molecule has 0 aliphatic carbocycles. The Morgan fingerprint density at radius 2 is 1.55 bits per heavy atom. The van der Waals surface area contributed by atoms with Crippen molar-refractivity contribution in [2.75, 3.05) is 17.2 Å². The third kappa shape index (κ3) is 2.10. The number of anilines is 3. The normalized spacial score (nSPS) is 10.7. The van der Waals surface area contributed by atoms with Crippen LogP contribution in [-0.4, -0.2) is 6.54 Å². The molecule has 3 rings (SSSR count). The first kappa shape index (κ1) is 12.5. The maximum atomic E-state index is 6.26. The SMILES string of the molecule is CCN(c1ccccc1)c1c(N)ccc2ccccc12. The molecule has 3 aromatic carbocycles. The van der Waals surface area contributed by atoms with Crippen molar-refractivity contribution in [2.45, 2.75) is 6.92 Å². The van der Waals surface area contributed by atoms with Crippen LogP contribution in [0, 0.1) is 0 Å². The number of benzene rings is 3. The average Bonchev–Trinajstić information content (AvgIpc) is 2.51. The van der Waals surface area contributed by atoms with Crippen LogP contribution in [0.4, 0.5) is 17.1 Å². The van der Waals surface area contributed by atoms with Crippen LogP contribution in [0.15, 0.2) is 66.7 Å². The summed E-state index contributed by atoms with van der Waals surface area (Å²) in [5, 5.41) is 2.41. The number of para-hydroxylation sites is 1. The predicted molar refractivity (Wildman–Crippen MR) is 87.5 cm³/mol. The van der Waals surface area contributed by atoms with Gasteiger partial charge in [0.25, 0.3) is 0 Å². The number of fused-ring (bicyclic) bond motifs is 1. The van der Waals surface area contributed by atoms with Crippen molar-refractivity contribution in [2.24, 2.45) is 0 Å². The van der Waals surface area contributed by atoms with E-state index in [1.165, 1.54) is 10.8 Å². The second-order valence-electron chi connectivity index (χ2n) is 4.80.